The standard InChI is InChI=1S/C48H37N5/c1-3-8-45(49-4-2)46-28-22-39-30-37(20-26-44(39)51-46)36-19-25-43-38(29-36)21-27-40(50-43)32-11-13-33(14-12-32)42-24-18-35-16-15-34-17-23-41(31-9-6-5-7-10-31)52-47(34)48(35)53-42/h3-16,18-22,24-30,42,53H,2,17,23H2,1H3/b8-3-,49-45?. The molecule has 0 saturated heterocycles. The van der Waals surface area contributed by atoms with Crippen molar-refractivity contribution in [2.45, 2.75) is 25.8 Å². The van der Waals surface area contributed by atoms with E-state index in [0.29, 0.717) is 0 Å². The van der Waals surface area contributed by atoms with Crippen LogP contribution in [0.4, 0.5) is 11.4 Å². The maximum Gasteiger partial charge on any atom is 0.0903 e. The van der Waals surface area contributed by atoms with Crippen molar-refractivity contribution in [1.29, 1.82) is 0 Å². The van der Waals surface area contributed by atoms with E-state index in [1.165, 1.54) is 22.3 Å². The van der Waals surface area contributed by atoms with Crippen LogP contribution in [0.1, 0.15) is 47.3 Å². The number of benzene rings is 5. The van der Waals surface area contributed by atoms with E-state index in [1.807, 2.05) is 25.1 Å². The van der Waals surface area contributed by atoms with Gasteiger partial charge in [0.15, 0.2) is 0 Å². The van der Waals surface area contributed by atoms with Gasteiger partial charge >= 0.3 is 0 Å². The molecule has 1 unspecified atom stereocenters. The molecule has 4 heterocycles. The first kappa shape index (κ1) is 32.2. The number of aromatic nitrogens is 2. The monoisotopic (exact) mass is 683 g/mol. The Morgan fingerprint density at radius 1 is 0.736 bits per heavy atom. The van der Waals surface area contributed by atoms with Crippen LogP contribution in [0.15, 0.2) is 168 Å². The van der Waals surface area contributed by atoms with Crippen molar-refractivity contribution in [3.8, 4) is 22.4 Å². The third kappa shape index (κ3) is 6.27. The molecule has 5 heteroatoms. The number of aliphatic imine (C=N–C) groups is 2. The fraction of sp³-hybridized carbons (Fsp3) is 0.0833. The quantitative estimate of drug-likeness (QED) is 0.170. The summed E-state index contributed by atoms with van der Waals surface area (Å²) in [5.74, 6) is 0. The third-order valence-corrected chi connectivity index (χ3v) is 10.1. The third-order valence-electron chi connectivity index (χ3n) is 10.1. The van der Waals surface area contributed by atoms with Crippen LogP contribution in [-0.4, -0.2) is 21.4 Å². The second kappa shape index (κ2) is 13.8. The predicted octanol–water partition coefficient (Wildman–Crippen LogP) is 11.9. The summed E-state index contributed by atoms with van der Waals surface area (Å²) in [6.45, 7) is 5.71. The number of hydrogen-bond acceptors (Lipinski definition) is 5. The molecule has 2 aliphatic rings. The highest BCUT2D eigenvalue weighted by atomic mass is 15.0. The number of aryl methyl sites for hydroxylation is 1. The second-order valence-electron chi connectivity index (χ2n) is 13.5. The number of fused-ring (bicyclic) bond motifs is 5. The molecule has 0 amide bonds. The van der Waals surface area contributed by atoms with E-state index >= 15 is 0 Å². The number of hydrogen-bond donors (Lipinski definition) is 1. The SMILES string of the molecule is C=CN=C(/C=C\C)c1ccc2cc(-c3ccc4nc(-c5ccc(C6C=Cc7ccc8c(c7N6)N=C(c6ccccc6)CC8)cc5)ccc4c3)ccc2n1. The minimum atomic E-state index is 0.0538. The van der Waals surface area contributed by atoms with Crippen LogP contribution in [-0.2, 0) is 6.42 Å². The Morgan fingerprint density at radius 3 is 2.23 bits per heavy atom. The van der Waals surface area contributed by atoms with Gasteiger partial charge in [-0.3, -0.25) is 9.98 Å². The van der Waals surface area contributed by atoms with Gasteiger partial charge < -0.3 is 5.32 Å². The molecule has 2 aromatic heterocycles. The summed E-state index contributed by atoms with van der Waals surface area (Å²) in [6.07, 6.45) is 11.9. The van der Waals surface area contributed by atoms with E-state index in [1.54, 1.807) is 6.20 Å². The molecule has 5 nitrogen and oxygen atoms in total. The fourth-order valence-corrected chi connectivity index (χ4v) is 7.38. The number of allylic oxidation sites excluding steroid dienone is 2. The van der Waals surface area contributed by atoms with Crippen LogP contribution in [0.25, 0.3) is 50.3 Å². The molecule has 0 spiro atoms. The van der Waals surface area contributed by atoms with Crippen LogP contribution in [0, 0.1) is 0 Å². The van der Waals surface area contributed by atoms with E-state index in [2.05, 4.69) is 150 Å². The van der Waals surface area contributed by atoms with Crippen molar-refractivity contribution >= 4 is 50.7 Å². The first-order valence-electron chi connectivity index (χ1n) is 18.1. The van der Waals surface area contributed by atoms with Gasteiger partial charge in [0.05, 0.1) is 45.5 Å². The highest BCUT2D eigenvalue weighted by Gasteiger charge is 2.23. The van der Waals surface area contributed by atoms with E-state index in [-0.39, 0.29) is 6.04 Å². The van der Waals surface area contributed by atoms with Gasteiger partial charge in [0.2, 0.25) is 0 Å². The number of nitrogens with zero attached hydrogens (tertiary/aromatic N) is 4. The molecule has 0 aliphatic carbocycles. The Morgan fingerprint density at radius 2 is 1.47 bits per heavy atom. The first-order valence-corrected chi connectivity index (χ1v) is 18.1. The average Bonchev–Trinajstić information content (AvgIpc) is 3.22. The summed E-state index contributed by atoms with van der Waals surface area (Å²) in [5.41, 5.74) is 16.1. The van der Waals surface area contributed by atoms with Crippen LogP contribution in [0.2, 0.25) is 0 Å². The Bertz CT molecular complexity index is 2660. The van der Waals surface area contributed by atoms with Crippen molar-refractivity contribution in [3.63, 3.8) is 0 Å². The average molecular weight is 684 g/mol. The topological polar surface area (TPSA) is 62.5 Å². The molecule has 1 N–H and O–H groups in total. The van der Waals surface area contributed by atoms with Gasteiger partial charge in [-0.15, -0.1) is 0 Å². The number of anilines is 1. The van der Waals surface area contributed by atoms with Crippen molar-refractivity contribution in [2.75, 3.05) is 5.32 Å². The molecule has 7 aromatic rings. The molecule has 0 bridgehead atoms. The maximum atomic E-state index is 5.19. The largest absolute Gasteiger partial charge is 0.372 e. The van der Waals surface area contributed by atoms with E-state index in [0.717, 1.165) is 85.5 Å². The molecule has 2 aliphatic heterocycles. The summed E-state index contributed by atoms with van der Waals surface area (Å²) in [5, 5.41) is 6.00. The van der Waals surface area contributed by atoms with Crippen LogP contribution in [0.5, 0.6) is 0 Å². The summed E-state index contributed by atoms with van der Waals surface area (Å²) in [7, 11) is 0. The summed E-state index contributed by atoms with van der Waals surface area (Å²) >= 11 is 0. The van der Waals surface area contributed by atoms with Gasteiger partial charge in [0.1, 0.15) is 0 Å². The number of pyridine rings is 2. The lowest BCUT2D eigenvalue weighted by molar-refractivity contribution is 0.963. The van der Waals surface area contributed by atoms with Crippen molar-refractivity contribution in [3.05, 3.63) is 186 Å². The molecule has 1 atom stereocenters. The van der Waals surface area contributed by atoms with E-state index in [4.69, 9.17) is 15.0 Å². The summed E-state index contributed by atoms with van der Waals surface area (Å²) in [4.78, 5) is 19.5. The van der Waals surface area contributed by atoms with Crippen molar-refractivity contribution < 1.29 is 0 Å². The number of nitrogens with one attached hydrogen (secondary N) is 1. The zero-order chi connectivity index (χ0) is 35.7. The first-order chi connectivity index (χ1) is 26.1. The lowest BCUT2D eigenvalue weighted by Gasteiger charge is -2.27. The minimum Gasteiger partial charge on any atom is -0.372 e. The normalized spacial score (nSPS) is 15.2. The molecular weight excluding hydrogens is 647 g/mol. The molecule has 0 saturated carbocycles. The van der Waals surface area contributed by atoms with E-state index in [9.17, 15) is 0 Å². The van der Waals surface area contributed by atoms with Crippen LogP contribution >= 0.6 is 0 Å². The molecular formula is C48H37N5. The Balaban J connectivity index is 0.939. The minimum absolute atomic E-state index is 0.0538. The smallest absolute Gasteiger partial charge is 0.0903 e. The molecule has 53 heavy (non-hydrogen) atoms. The Kier molecular flexibility index (Phi) is 8.37. The molecule has 254 valence electrons. The van der Waals surface area contributed by atoms with Gasteiger partial charge in [-0.25, -0.2) is 9.97 Å². The lowest BCUT2D eigenvalue weighted by Crippen LogP contribution is -2.15. The predicted molar refractivity (Wildman–Crippen MR) is 222 cm³/mol. The Hall–Kier alpha value is -6.72. The molecule has 0 radical (unpaired) electrons. The lowest BCUT2D eigenvalue weighted by atomic mass is 9.92. The molecule has 5 aromatic carbocycles. The van der Waals surface area contributed by atoms with Gasteiger partial charge in [-0.2, -0.15) is 0 Å². The summed E-state index contributed by atoms with van der Waals surface area (Å²) in [6, 6.07) is 45.1. The number of rotatable bonds is 7. The van der Waals surface area contributed by atoms with Crippen LogP contribution < -0.4 is 5.32 Å². The highest BCUT2D eigenvalue weighted by Crippen LogP contribution is 2.42. The zero-order valence-electron chi connectivity index (χ0n) is 29.5. The van der Waals surface area contributed by atoms with E-state index < -0.39 is 0 Å². The van der Waals surface area contributed by atoms with Gasteiger partial charge in [0.25, 0.3) is 0 Å². The van der Waals surface area contributed by atoms with Crippen LogP contribution in [0.3, 0.4) is 0 Å². The van der Waals surface area contributed by atoms with Gasteiger partial charge in [-0.05, 0) is 95.6 Å². The van der Waals surface area contributed by atoms with Gasteiger partial charge in [0, 0.05) is 28.2 Å². The maximum absolute atomic E-state index is 5.19. The fourth-order valence-electron chi connectivity index (χ4n) is 7.38. The molecule has 9 rings (SSSR count). The second-order valence-corrected chi connectivity index (χ2v) is 13.5. The summed E-state index contributed by atoms with van der Waals surface area (Å²) < 4.78 is 0. The Labute approximate surface area is 309 Å². The van der Waals surface area contributed by atoms with Crippen molar-refractivity contribution in [1.82, 2.24) is 9.97 Å². The zero-order valence-corrected chi connectivity index (χ0v) is 29.5. The van der Waals surface area contributed by atoms with Crippen molar-refractivity contribution in [2.24, 2.45) is 9.98 Å². The highest BCUT2D eigenvalue weighted by molar-refractivity contribution is 6.08. The van der Waals surface area contributed by atoms with Gasteiger partial charge in [-0.1, -0.05) is 116 Å². The molecule has 0 fully saturated rings.